The van der Waals surface area contributed by atoms with E-state index in [1.165, 1.54) is 14.2 Å². The van der Waals surface area contributed by atoms with Crippen molar-refractivity contribution in [1.82, 2.24) is 0 Å². The van der Waals surface area contributed by atoms with Crippen LogP contribution in [0.5, 0.6) is 23.0 Å². The zero-order chi connectivity index (χ0) is 22.3. The molecule has 0 fully saturated rings. The highest BCUT2D eigenvalue weighted by molar-refractivity contribution is 6.13. The van der Waals surface area contributed by atoms with Crippen LogP contribution in [0.3, 0.4) is 0 Å². The molecule has 0 aliphatic carbocycles. The summed E-state index contributed by atoms with van der Waals surface area (Å²) < 4.78 is 21.9. The molecule has 0 amide bonds. The van der Waals surface area contributed by atoms with Gasteiger partial charge in [0, 0.05) is 25.7 Å². The van der Waals surface area contributed by atoms with E-state index < -0.39 is 0 Å². The number of rotatable bonds is 10. The van der Waals surface area contributed by atoms with Crippen LogP contribution in [0.15, 0.2) is 35.9 Å². The van der Waals surface area contributed by atoms with Crippen molar-refractivity contribution in [3.8, 4) is 23.0 Å². The zero-order valence-corrected chi connectivity index (χ0v) is 18.9. The first-order valence-electron chi connectivity index (χ1n) is 9.89. The van der Waals surface area contributed by atoms with Crippen LogP contribution in [0.4, 0.5) is 5.69 Å². The molecule has 0 N–H and O–H groups in total. The van der Waals surface area contributed by atoms with Gasteiger partial charge < -0.3 is 23.8 Å². The average molecular weight is 414 g/mol. The summed E-state index contributed by atoms with van der Waals surface area (Å²) in [5.74, 6) is 2.05. The maximum atomic E-state index is 13.4. The third kappa shape index (κ3) is 5.06. The number of hydrogen-bond acceptors (Lipinski definition) is 6. The molecule has 2 aromatic carbocycles. The Morgan fingerprint density at radius 3 is 2.23 bits per heavy atom. The molecule has 0 aromatic heterocycles. The fourth-order valence-electron chi connectivity index (χ4n) is 3.18. The average Bonchev–Trinajstić information content (AvgIpc) is 2.76. The lowest BCUT2D eigenvalue weighted by Gasteiger charge is -2.18. The number of allylic oxidation sites excluding steroid dienone is 1. The number of ether oxygens (including phenoxy) is 4. The van der Waals surface area contributed by atoms with Crippen LogP contribution in [0.25, 0.3) is 6.08 Å². The molecule has 0 heterocycles. The fourth-order valence-corrected chi connectivity index (χ4v) is 3.18. The molecule has 0 aliphatic rings. The molecule has 2 rings (SSSR count). The second kappa shape index (κ2) is 10.6. The molecular weight excluding hydrogens is 382 g/mol. The molecule has 0 atom stereocenters. The third-order valence-electron chi connectivity index (χ3n) is 4.71. The second-order valence-corrected chi connectivity index (χ2v) is 6.82. The van der Waals surface area contributed by atoms with Gasteiger partial charge in [0.15, 0.2) is 17.3 Å². The summed E-state index contributed by atoms with van der Waals surface area (Å²) in [6.45, 7) is 4.50. The van der Waals surface area contributed by atoms with Gasteiger partial charge in [-0.2, -0.15) is 0 Å². The van der Waals surface area contributed by atoms with Crippen LogP contribution in [-0.2, 0) is 0 Å². The summed E-state index contributed by atoms with van der Waals surface area (Å²) in [5.41, 5.74) is 2.92. The topological polar surface area (TPSA) is 57.2 Å². The molecule has 0 saturated heterocycles. The van der Waals surface area contributed by atoms with Gasteiger partial charge >= 0.3 is 0 Å². The Bertz CT molecular complexity index is 918. The van der Waals surface area contributed by atoms with E-state index >= 15 is 0 Å². The van der Waals surface area contributed by atoms with Gasteiger partial charge in [-0.25, -0.2) is 0 Å². The Kier molecular flexibility index (Phi) is 8.16. The summed E-state index contributed by atoms with van der Waals surface area (Å²) in [6, 6.07) is 9.26. The highest BCUT2D eigenvalue weighted by atomic mass is 16.5. The maximum absolute atomic E-state index is 13.4. The second-order valence-electron chi connectivity index (χ2n) is 6.82. The monoisotopic (exact) mass is 413 g/mol. The number of nitrogens with zero attached hydrogens (tertiary/aromatic N) is 1. The van der Waals surface area contributed by atoms with Crippen LogP contribution >= 0.6 is 0 Å². The molecule has 162 valence electrons. The normalized spacial score (nSPS) is 11.1. The molecule has 0 saturated carbocycles. The molecule has 0 aliphatic heterocycles. The molecule has 6 nitrogen and oxygen atoms in total. The van der Waals surface area contributed by atoms with Gasteiger partial charge in [0.25, 0.3) is 0 Å². The standard InChI is InChI=1S/C24H31NO5/c1-8-17(12-16-10-11-21(30-9-2)20(13-16)25(3)4)23(26)19-14-18(27-5)15-22(28-6)24(19)29-7/h10-15H,8-9H2,1-7H3. The van der Waals surface area contributed by atoms with E-state index in [9.17, 15) is 4.79 Å². The van der Waals surface area contributed by atoms with Crippen molar-refractivity contribution >= 4 is 17.5 Å². The largest absolute Gasteiger partial charge is 0.497 e. The first-order chi connectivity index (χ1) is 14.4. The summed E-state index contributed by atoms with van der Waals surface area (Å²) in [5, 5.41) is 0. The van der Waals surface area contributed by atoms with Gasteiger partial charge in [-0.3, -0.25) is 4.79 Å². The van der Waals surface area contributed by atoms with Crippen molar-refractivity contribution in [2.75, 3.05) is 46.9 Å². The lowest BCUT2D eigenvalue weighted by atomic mass is 9.97. The van der Waals surface area contributed by atoms with Gasteiger partial charge in [-0.15, -0.1) is 0 Å². The van der Waals surface area contributed by atoms with Crippen LogP contribution in [0.1, 0.15) is 36.2 Å². The van der Waals surface area contributed by atoms with E-state index in [0.29, 0.717) is 41.4 Å². The number of hydrogen-bond donors (Lipinski definition) is 0. The molecule has 0 radical (unpaired) electrons. The maximum Gasteiger partial charge on any atom is 0.193 e. The lowest BCUT2D eigenvalue weighted by molar-refractivity contribution is 0.102. The highest BCUT2D eigenvalue weighted by Gasteiger charge is 2.21. The molecule has 0 unspecified atom stereocenters. The Hall–Kier alpha value is -3.15. The van der Waals surface area contributed by atoms with E-state index in [-0.39, 0.29) is 5.78 Å². The van der Waals surface area contributed by atoms with Gasteiger partial charge in [0.05, 0.1) is 39.2 Å². The number of Topliss-reactive ketones (excluding diaryl/α,β-unsaturated/α-hetero) is 1. The van der Waals surface area contributed by atoms with Crippen molar-refractivity contribution in [2.24, 2.45) is 0 Å². The summed E-state index contributed by atoms with van der Waals surface area (Å²) >= 11 is 0. The predicted octanol–water partition coefficient (Wildman–Crippen LogP) is 4.85. The molecule has 2 aromatic rings. The minimum atomic E-state index is -0.133. The zero-order valence-electron chi connectivity index (χ0n) is 18.9. The quantitative estimate of drug-likeness (QED) is 0.410. The van der Waals surface area contributed by atoms with E-state index in [1.807, 2.05) is 57.1 Å². The first kappa shape index (κ1) is 23.1. The fraction of sp³-hybridized carbons (Fsp3) is 0.375. The van der Waals surface area contributed by atoms with Gasteiger partial charge in [-0.05, 0) is 43.2 Å². The number of anilines is 1. The highest BCUT2D eigenvalue weighted by Crippen LogP contribution is 2.37. The van der Waals surface area contributed by atoms with Crippen LogP contribution in [0, 0.1) is 0 Å². The first-order valence-corrected chi connectivity index (χ1v) is 9.89. The predicted molar refractivity (Wildman–Crippen MR) is 121 cm³/mol. The molecule has 30 heavy (non-hydrogen) atoms. The summed E-state index contributed by atoms with van der Waals surface area (Å²) in [4.78, 5) is 15.4. The van der Waals surface area contributed by atoms with E-state index in [4.69, 9.17) is 18.9 Å². The SMILES string of the molecule is CCOc1ccc(C=C(CC)C(=O)c2cc(OC)cc(OC)c2OC)cc1N(C)C. The van der Waals surface area contributed by atoms with Gasteiger partial charge in [0.2, 0.25) is 0 Å². The number of methoxy groups -OCH3 is 3. The van der Waals surface area contributed by atoms with Crippen molar-refractivity contribution < 1.29 is 23.7 Å². The number of carbonyl (C=O) groups is 1. The lowest BCUT2D eigenvalue weighted by Crippen LogP contribution is -2.11. The smallest absolute Gasteiger partial charge is 0.193 e. The molecule has 0 bridgehead atoms. The Morgan fingerprint density at radius 2 is 1.70 bits per heavy atom. The minimum absolute atomic E-state index is 0.133. The Morgan fingerprint density at radius 1 is 0.967 bits per heavy atom. The Labute approximate surface area is 179 Å². The van der Waals surface area contributed by atoms with E-state index in [1.54, 1.807) is 19.2 Å². The van der Waals surface area contributed by atoms with Crippen molar-refractivity contribution in [1.29, 1.82) is 0 Å². The van der Waals surface area contributed by atoms with Crippen molar-refractivity contribution in [2.45, 2.75) is 20.3 Å². The minimum Gasteiger partial charge on any atom is -0.497 e. The number of benzene rings is 2. The van der Waals surface area contributed by atoms with Gasteiger partial charge in [-0.1, -0.05) is 13.0 Å². The van der Waals surface area contributed by atoms with Crippen molar-refractivity contribution in [3.05, 3.63) is 47.0 Å². The molecule has 6 heteroatoms. The van der Waals surface area contributed by atoms with Crippen LogP contribution in [-0.4, -0.2) is 47.8 Å². The summed E-state index contributed by atoms with van der Waals surface area (Å²) in [6.07, 6.45) is 2.46. The van der Waals surface area contributed by atoms with E-state index in [2.05, 4.69) is 0 Å². The third-order valence-corrected chi connectivity index (χ3v) is 4.71. The van der Waals surface area contributed by atoms with Crippen LogP contribution in [0.2, 0.25) is 0 Å². The van der Waals surface area contributed by atoms with E-state index in [0.717, 1.165) is 17.0 Å². The molecular formula is C24H31NO5. The van der Waals surface area contributed by atoms with Gasteiger partial charge in [0.1, 0.15) is 11.5 Å². The molecule has 0 spiro atoms. The Balaban J connectivity index is 2.53. The summed E-state index contributed by atoms with van der Waals surface area (Å²) in [7, 11) is 8.53. The number of carbonyl (C=O) groups excluding carboxylic acids is 1. The number of ketones is 1. The van der Waals surface area contributed by atoms with Crippen molar-refractivity contribution in [3.63, 3.8) is 0 Å². The van der Waals surface area contributed by atoms with Crippen LogP contribution < -0.4 is 23.8 Å².